The highest BCUT2D eigenvalue weighted by molar-refractivity contribution is 7.15. The van der Waals surface area contributed by atoms with E-state index in [4.69, 9.17) is 4.74 Å². The van der Waals surface area contributed by atoms with Gasteiger partial charge in [-0.25, -0.2) is 9.78 Å². The van der Waals surface area contributed by atoms with Crippen molar-refractivity contribution in [3.63, 3.8) is 0 Å². The molecule has 0 bridgehead atoms. The summed E-state index contributed by atoms with van der Waals surface area (Å²) >= 11 is 1.59. The molecule has 0 saturated carbocycles. The van der Waals surface area contributed by atoms with Gasteiger partial charge in [-0.1, -0.05) is 38.1 Å². The second-order valence-corrected chi connectivity index (χ2v) is 9.28. The molecular weight excluding hydrogens is 382 g/mol. The Morgan fingerprint density at radius 1 is 1.14 bits per heavy atom. The molecule has 6 heteroatoms. The first kappa shape index (κ1) is 23.4. The number of unbranched alkanes of at least 4 members (excludes halogenated alkanes) is 1. The van der Waals surface area contributed by atoms with E-state index in [0.717, 1.165) is 35.0 Å². The van der Waals surface area contributed by atoms with Crippen LogP contribution in [0.4, 0.5) is 4.79 Å². The molecule has 2 aromatic rings. The van der Waals surface area contributed by atoms with Gasteiger partial charge in [-0.05, 0) is 65.2 Å². The normalized spacial score (nSPS) is 11.7. The summed E-state index contributed by atoms with van der Waals surface area (Å²) in [7, 11) is 0. The lowest BCUT2D eigenvalue weighted by Crippen LogP contribution is -2.31. The van der Waals surface area contributed by atoms with Crippen molar-refractivity contribution in [2.45, 2.75) is 66.0 Å². The second-order valence-electron chi connectivity index (χ2n) is 8.17. The van der Waals surface area contributed by atoms with Gasteiger partial charge in [0.2, 0.25) is 0 Å². The molecule has 29 heavy (non-hydrogen) atoms. The Labute approximate surface area is 179 Å². The lowest BCUT2D eigenvalue weighted by molar-refractivity contribution is 0.0524. The molecule has 0 spiro atoms. The maximum Gasteiger partial charge on any atom is 0.407 e. The zero-order chi connectivity index (χ0) is 21.3. The first-order valence-electron chi connectivity index (χ1n) is 10.5. The van der Waals surface area contributed by atoms with Crippen LogP contribution in [0.2, 0.25) is 0 Å². The Morgan fingerprint density at radius 3 is 2.45 bits per heavy atom. The van der Waals surface area contributed by atoms with Crippen LogP contribution >= 0.6 is 11.3 Å². The van der Waals surface area contributed by atoms with Crippen molar-refractivity contribution < 1.29 is 9.53 Å². The fourth-order valence-corrected chi connectivity index (χ4v) is 3.87. The van der Waals surface area contributed by atoms with Crippen LogP contribution in [0.15, 0.2) is 30.5 Å². The molecule has 1 aromatic heterocycles. The van der Waals surface area contributed by atoms with Crippen molar-refractivity contribution in [3.8, 4) is 10.6 Å². The van der Waals surface area contributed by atoms with Gasteiger partial charge >= 0.3 is 6.09 Å². The number of ether oxygens (including phenoxy) is 1. The monoisotopic (exact) mass is 417 g/mol. The second kappa shape index (κ2) is 11.3. The number of alkyl carbamates (subject to hydrolysis) is 1. The van der Waals surface area contributed by atoms with Crippen molar-refractivity contribution >= 4 is 17.4 Å². The van der Waals surface area contributed by atoms with E-state index in [9.17, 15) is 4.79 Å². The van der Waals surface area contributed by atoms with Crippen LogP contribution in [-0.2, 0) is 17.7 Å². The van der Waals surface area contributed by atoms with Crippen molar-refractivity contribution in [1.29, 1.82) is 0 Å². The van der Waals surface area contributed by atoms with Crippen molar-refractivity contribution in [2.24, 2.45) is 0 Å². The van der Waals surface area contributed by atoms with Crippen LogP contribution in [0.1, 0.15) is 57.9 Å². The number of hydrogen-bond acceptors (Lipinski definition) is 5. The lowest BCUT2D eigenvalue weighted by atomic mass is 10.1. The minimum atomic E-state index is -0.490. The summed E-state index contributed by atoms with van der Waals surface area (Å²) < 4.78 is 5.26. The van der Waals surface area contributed by atoms with E-state index in [0.29, 0.717) is 6.54 Å². The van der Waals surface area contributed by atoms with E-state index < -0.39 is 11.7 Å². The van der Waals surface area contributed by atoms with Gasteiger partial charge in [0.05, 0.1) is 6.54 Å². The van der Waals surface area contributed by atoms with E-state index in [2.05, 4.69) is 53.3 Å². The van der Waals surface area contributed by atoms with Gasteiger partial charge in [0.25, 0.3) is 0 Å². The summed E-state index contributed by atoms with van der Waals surface area (Å²) in [4.78, 5) is 19.8. The molecule has 0 aliphatic carbocycles. The van der Waals surface area contributed by atoms with Gasteiger partial charge in [-0.15, -0.1) is 11.3 Å². The number of thiazole rings is 1. The third-order valence-corrected chi connectivity index (χ3v) is 5.69. The molecule has 1 aromatic carbocycles. The Bertz CT molecular complexity index is 746. The average molecular weight is 418 g/mol. The number of carbonyl (C=O) groups excluding carboxylic acids is 1. The highest BCUT2D eigenvalue weighted by Crippen LogP contribution is 2.25. The van der Waals surface area contributed by atoms with Gasteiger partial charge in [0, 0.05) is 16.6 Å². The quantitative estimate of drug-likeness (QED) is 0.519. The Kier molecular flexibility index (Phi) is 9.11. The lowest BCUT2D eigenvalue weighted by Gasteiger charge is -2.19. The number of benzene rings is 1. The van der Waals surface area contributed by atoms with E-state index in [1.54, 1.807) is 11.3 Å². The maximum atomic E-state index is 11.8. The van der Waals surface area contributed by atoms with Gasteiger partial charge in [0.15, 0.2) is 0 Å². The summed E-state index contributed by atoms with van der Waals surface area (Å²) in [5, 5.41) is 3.75. The minimum Gasteiger partial charge on any atom is -0.444 e. The number of nitrogens with zero attached hydrogens (tertiary/aromatic N) is 2. The largest absolute Gasteiger partial charge is 0.444 e. The Morgan fingerprint density at radius 2 is 1.83 bits per heavy atom. The molecule has 0 unspecified atom stereocenters. The van der Waals surface area contributed by atoms with Crippen LogP contribution < -0.4 is 5.32 Å². The van der Waals surface area contributed by atoms with Crippen LogP contribution in [0, 0.1) is 0 Å². The topological polar surface area (TPSA) is 54.5 Å². The third-order valence-electron chi connectivity index (χ3n) is 4.64. The highest BCUT2D eigenvalue weighted by Gasteiger charge is 2.16. The minimum absolute atomic E-state index is 0.405. The summed E-state index contributed by atoms with van der Waals surface area (Å²) in [5.74, 6) is 0. The summed E-state index contributed by atoms with van der Waals surface area (Å²) in [6, 6.07) is 8.69. The fraction of sp³-hybridized carbons (Fsp3) is 0.565. The predicted molar refractivity (Wildman–Crippen MR) is 121 cm³/mol. The average Bonchev–Trinajstić information content (AvgIpc) is 3.15. The molecule has 1 N–H and O–H groups in total. The van der Waals surface area contributed by atoms with Crippen molar-refractivity contribution in [1.82, 2.24) is 15.2 Å². The maximum absolute atomic E-state index is 11.8. The molecule has 160 valence electrons. The van der Waals surface area contributed by atoms with Crippen LogP contribution in [0.25, 0.3) is 10.6 Å². The number of hydrogen-bond donors (Lipinski definition) is 1. The van der Waals surface area contributed by atoms with Crippen LogP contribution in [0.5, 0.6) is 0 Å². The number of aryl methyl sites for hydroxylation is 1. The molecule has 1 amide bonds. The van der Waals surface area contributed by atoms with Gasteiger partial charge in [-0.3, -0.25) is 0 Å². The zero-order valence-corrected chi connectivity index (χ0v) is 19.3. The van der Waals surface area contributed by atoms with E-state index in [-0.39, 0.29) is 0 Å². The Balaban J connectivity index is 1.80. The highest BCUT2D eigenvalue weighted by atomic mass is 32.1. The van der Waals surface area contributed by atoms with Crippen molar-refractivity contribution in [2.75, 3.05) is 19.6 Å². The Hall–Kier alpha value is -1.92. The molecule has 1 heterocycles. The van der Waals surface area contributed by atoms with Crippen LogP contribution in [0.3, 0.4) is 0 Å². The molecule has 0 saturated heterocycles. The molecule has 2 rings (SSSR count). The summed E-state index contributed by atoms with van der Waals surface area (Å²) in [6.07, 6.45) is 4.98. The molecule has 0 aliphatic rings. The first-order chi connectivity index (χ1) is 13.8. The number of amides is 1. The molecular formula is C23H35N3O2S. The predicted octanol–water partition coefficient (Wildman–Crippen LogP) is 5.50. The SMILES string of the molecule is CCN(CC)CCCCc1ccc(-c2ncc(CNC(=O)OC(C)(C)C)s2)cc1. The number of rotatable bonds is 10. The van der Waals surface area contributed by atoms with E-state index in [1.807, 2.05) is 27.0 Å². The molecule has 0 fully saturated rings. The summed E-state index contributed by atoms with van der Waals surface area (Å²) in [6.45, 7) is 13.9. The van der Waals surface area contributed by atoms with E-state index in [1.165, 1.54) is 24.9 Å². The van der Waals surface area contributed by atoms with Gasteiger partial charge < -0.3 is 15.0 Å². The molecule has 5 nitrogen and oxygen atoms in total. The zero-order valence-electron chi connectivity index (χ0n) is 18.5. The standard InChI is InChI=1S/C23H35N3O2S/c1-6-26(7-2)15-9-8-10-18-11-13-19(14-12-18)21-24-16-20(29-21)17-25-22(27)28-23(3,4)5/h11-14,16H,6-10,15,17H2,1-5H3,(H,25,27). The van der Waals surface area contributed by atoms with Crippen molar-refractivity contribution in [3.05, 3.63) is 40.9 Å². The number of nitrogens with one attached hydrogen (secondary N) is 1. The molecule has 0 atom stereocenters. The summed E-state index contributed by atoms with van der Waals surface area (Å²) in [5.41, 5.74) is 2.00. The van der Waals surface area contributed by atoms with Crippen LogP contribution in [-0.4, -0.2) is 41.2 Å². The smallest absolute Gasteiger partial charge is 0.407 e. The van der Waals surface area contributed by atoms with E-state index >= 15 is 0 Å². The third kappa shape index (κ3) is 8.54. The number of aromatic nitrogens is 1. The van der Waals surface area contributed by atoms with Gasteiger partial charge in [0.1, 0.15) is 10.6 Å². The first-order valence-corrected chi connectivity index (χ1v) is 11.4. The number of carbonyl (C=O) groups is 1. The van der Waals surface area contributed by atoms with Gasteiger partial charge in [-0.2, -0.15) is 0 Å². The molecule has 0 aliphatic heterocycles. The fourth-order valence-electron chi connectivity index (χ4n) is 3.01. The molecule has 0 radical (unpaired) electrons.